The quantitative estimate of drug-likeness (QED) is 0.704. The van der Waals surface area contributed by atoms with Gasteiger partial charge in [-0.2, -0.15) is 0 Å². The molecule has 26 heavy (non-hydrogen) atoms. The Bertz CT molecular complexity index is 1030. The van der Waals surface area contributed by atoms with Gasteiger partial charge in [0.25, 0.3) is 0 Å². The third-order valence-electron chi connectivity index (χ3n) is 4.87. The van der Waals surface area contributed by atoms with Crippen molar-refractivity contribution in [3.63, 3.8) is 0 Å². The van der Waals surface area contributed by atoms with E-state index < -0.39 is 5.91 Å². The van der Waals surface area contributed by atoms with Gasteiger partial charge < -0.3 is 15.3 Å². The maximum atomic E-state index is 12.5. The number of nitrogens with two attached hydrogens (primary N) is 1. The lowest BCUT2D eigenvalue weighted by Gasteiger charge is -2.21. The molecule has 2 aromatic heterocycles. The van der Waals surface area contributed by atoms with E-state index in [1.807, 2.05) is 17.8 Å². The van der Waals surface area contributed by atoms with Crippen LogP contribution in [0, 0.1) is 0 Å². The number of fused-ring (bicyclic) bond motifs is 1. The number of primary amides is 1. The van der Waals surface area contributed by atoms with Crippen LogP contribution in [-0.4, -0.2) is 31.4 Å². The molecule has 0 radical (unpaired) electrons. The first-order valence-electron chi connectivity index (χ1n) is 8.67. The Hall–Kier alpha value is -2.93. The van der Waals surface area contributed by atoms with Gasteiger partial charge in [-0.3, -0.25) is 14.5 Å². The van der Waals surface area contributed by atoms with Crippen LogP contribution >= 0.6 is 0 Å². The molecule has 1 saturated carbocycles. The number of hydrogen-bond donors (Lipinski definition) is 2. The van der Waals surface area contributed by atoms with Crippen molar-refractivity contribution in [2.24, 2.45) is 12.8 Å². The second-order valence-corrected chi connectivity index (χ2v) is 6.87. The normalized spacial score (nSPS) is 14.2. The average Bonchev–Trinajstić information content (AvgIpc) is 3.38. The van der Waals surface area contributed by atoms with E-state index in [2.05, 4.69) is 14.9 Å². The third kappa shape index (κ3) is 3.25. The lowest BCUT2D eigenvalue weighted by Crippen LogP contribution is -2.27. The lowest BCUT2D eigenvalue weighted by molar-refractivity contribution is 0.100. The minimum Gasteiger partial charge on any atom is -0.366 e. The second kappa shape index (κ2) is 6.42. The Morgan fingerprint density at radius 1 is 1.35 bits per heavy atom. The molecule has 1 amide bonds. The van der Waals surface area contributed by atoms with E-state index in [1.165, 1.54) is 12.8 Å². The summed E-state index contributed by atoms with van der Waals surface area (Å²) in [5.74, 6) is 0.469. The molecule has 4 rings (SSSR count). The number of imidazole rings is 1. The van der Waals surface area contributed by atoms with E-state index in [4.69, 9.17) is 5.73 Å². The molecule has 3 aromatic rings. The summed E-state index contributed by atoms with van der Waals surface area (Å²) in [5.41, 5.74) is 7.10. The number of aromatic nitrogens is 3. The minimum atomic E-state index is -0.537. The molecule has 7 nitrogen and oxygen atoms in total. The smallest absolute Gasteiger partial charge is 0.248 e. The van der Waals surface area contributed by atoms with Crippen molar-refractivity contribution < 1.29 is 4.79 Å². The number of carbonyl (C=O) groups is 1. The van der Waals surface area contributed by atoms with Crippen LogP contribution in [0.4, 0.5) is 0 Å². The number of nitrogens with one attached hydrogen (secondary N) is 1. The zero-order valence-corrected chi connectivity index (χ0v) is 14.6. The summed E-state index contributed by atoms with van der Waals surface area (Å²) in [6.45, 7) is 1.40. The first kappa shape index (κ1) is 16.5. The van der Waals surface area contributed by atoms with E-state index in [9.17, 15) is 9.59 Å². The van der Waals surface area contributed by atoms with Crippen LogP contribution in [0.3, 0.4) is 0 Å². The first-order valence-corrected chi connectivity index (χ1v) is 8.67. The van der Waals surface area contributed by atoms with Crippen molar-refractivity contribution in [2.75, 3.05) is 0 Å². The average molecular weight is 351 g/mol. The highest BCUT2D eigenvalue weighted by Crippen LogP contribution is 2.29. The highest BCUT2D eigenvalue weighted by atomic mass is 16.1. The molecule has 1 aliphatic carbocycles. The van der Waals surface area contributed by atoms with Crippen molar-refractivity contribution in [1.29, 1.82) is 0 Å². The largest absolute Gasteiger partial charge is 0.366 e. The fourth-order valence-electron chi connectivity index (χ4n) is 3.24. The third-order valence-corrected chi connectivity index (χ3v) is 4.87. The van der Waals surface area contributed by atoms with Crippen LogP contribution in [0.2, 0.25) is 0 Å². The maximum Gasteiger partial charge on any atom is 0.248 e. The van der Waals surface area contributed by atoms with E-state index in [0.29, 0.717) is 29.1 Å². The standard InChI is InChI=1S/C19H21N5O2/c1-23-7-6-21-18(23)11-24(14-3-4-14)10-13-9-17(25)15-8-12(19(20)26)2-5-16(15)22-13/h2,5-9,14H,3-4,10-11H2,1H3,(H2,20,26)(H,22,25). The SMILES string of the molecule is Cn1ccnc1CN(Cc1cc(=O)c2cc(C(N)=O)ccc2[nH]1)C1CC1. The Kier molecular flexibility index (Phi) is 4.08. The Morgan fingerprint density at radius 2 is 2.15 bits per heavy atom. The van der Waals surface area contributed by atoms with E-state index in [-0.39, 0.29) is 5.43 Å². The number of aryl methyl sites for hydroxylation is 1. The number of carbonyl (C=O) groups excluding carboxylic acids is 1. The van der Waals surface area contributed by atoms with Gasteiger partial charge in [-0.05, 0) is 31.0 Å². The summed E-state index contributed by atoms with van der Waals surface area (Å²) >= 11 is 0. The summed E-state index contributed by atoms with van der Waals surface area (Å²) in [6, 6.07) is 7.06. The second-order valence-electron chi connectivity index (χ2n) is 6.87. The molecule has 134 valence electrons. The molecule has 0 aliphatic heterocycles. The number of benzene rings is 1. The number of nitrogens with zero attached hydrogens (tertiary/aromatic N) is 3. The van der Waals surface area contributed by atoms with Crippen molar-refractivity contribution >= 4 is 16.8 Å². The zero-order valence-electron chi connectivity index (χ0n) is 14.6. The van der Waals surface area contributed by atoms with Gasteiger partial charge in [0.1, 0.15) is 5.82 Å². The first-order chi connectivity index (χ1) is 12.5. The summed E-state index contributed by atoms with van der Waals surface area (Å²) in [7, 11) is 1.99. The predicted octanol–water partition coefficient (Wildman–Crippen LogP) is 1.53. The summed E-state index contributed by atoms with van der Waals surface area (Å²) in [4.78, 5) is 33.9. The van der Waals surface area contributed by atoms with Gasteiger partial charge in [0.2, 0.25) is 5.91 Å². The topological polar surface area (TPSA) is 97.0 Å². The predicted molar refractivity (Wildman–Crippen MR) is 98.6 cm³/mol. The molecule has 0 spiro atoms. The van der Waals surface area contributed by atoms with Crippen molar-refractivity contribution in [1.82, 2.24) is 19.4 Å². The molecule has 0 saturated heterocycles. The van der Waals surface area contributed by atoms with Gasteiger partial charge in [0, 0.05) is 60.3 Å². The van der Waals surface area contributed by atoms with Crippen molar-refractivity contribution in [2.45, 2.75) is 32.0 Å². The summed E-state index contributed by atoms with van der Waals surface area (Å²) in [5, 5.41) is 0.479. The van der Waals surface area contributed by atoms with Gasteiger partial charge in [-0.15, -0.1) is 0 Å². The number of pyridine rings is 1. The molecule has 1 aliphatic rings. The lowest BCUT2D eigenvalue weighted by atomic mass is 10.1. The molecule has 0 atom stereocenters. The molecule has 1 aromatic carbocycles. The molecule has 0 unspecified atom stereocenters. The molecule has 1 fully saturated rings. The Labute approximate surface area is 150 Å². The summed E-state index contributed by atoms with van der Waals surface area (Å²) < 4.78 is 2.02. The highest BCUT2D eigenvalue weighted by molar-refractivity contribution is 5.96. The van der Waals surface area contributed by atoms with Crippen molar-refractivity contribution in [3.8, 4) is 0 Å². The maximum absolute atomic E-state index is 12.5. The van der Waals surface area contributed by atoms with Gasteiger partial charge in [0.05, 0.1) is 6.54 Å². The van der Waals surface area contributed by atoms with Gasteiger partial charge in [0.15, 0.2) is 5.43 Å². The van der Waals surface area contributed by atoms with Crippen LogP contribution in [-0.2, 0) is 20.1 Å². The number of hydrogen-bond acceptors (Lipinski definition) is 4. The van der Waals surface area contributed by atoms with Crippen LogP contribution in [0.25, 0.3) is 10.9 Å². The molecular formula is C19H21N5O2. The van der Waals surface area contributed by atoms with E-state index >= 15 is 0 Å². The molecule has 7 heteroatoms. The number of aromatic amines is 1. The van der Waals surface area contributed by atoms with Crippen LogP contribution in [0.1, 0.15) is 34.7 Å². The molecule has 3 N–H and O–H groups in total. The summed E-state index contributed by atoms with van der Waals surface area (Å²) in [6.07, 6.45) is 6.08. The van der Waals surface area contributed by atoms with Crippen LogP contribution in [0.5, 0.6) is 0 Å². The molecule has 0 bridgehead atoms. The fraction of sp³-hybridized carbons (Fsp3) is 0.316. The Balaban J connectivity index is 1.63. The van der Waals surface area contributed by atoms with Crippen LogP contribution < -0.4 is 11.2 Å². The number of H-pyrrole nitrogens is 1. The van der Waals surface area contributed by atoms with Gasteiger partial charge in [-0.1, -0.05) is 0 Å². The zero-order chi connectivity index (χ0) is 18.3. The monoisotopic (exact) mass is 351 g/mol. The Morgan fingerprint density at radius 3 is 2.81 bits per heavy atom. The highest BCUT2D eigenvalue weighted by Gasteiger charge is 2.30. The number of amides is 1. The van der Waals surface area contributed by atoms with Gasteiger partial charge in [-0.25, -0.2) is 4.98 Å². The molecular weight excluding hydrogens is 330 g/mol. The van der Waals surface area contributed by atoms with Crippen LogP contribution in [0.15, 0.2) is 41.5 Å². The molecule has 2 heterocycles. The van der Waals surface area contributed by atoms with E-state index in [0.717, 1.165) is 18.1 Å². The number of rotatable bonds is 6. The van der Waals surface area contributed by atoms with Gasteiger partial charge >= 0.3 is 0 Å². The minimum absolute atomic E-state index is 0.107. The van der Waals surface area contributed by atoms with Crippen molar-refractivity contribution in [3.05, 3.63) is 64.0 Å². The van der Waals surface area contributed by atoms with E-state index in [1.54, 1.807) is 30.5 Å². The fourth-order valence-corrected chi connectivity index (χ4v) is 3.24.